The maximum atomic E-state index is 13.4. The van der Waals surface area contributed by atoms with Crippen molar-refractivity contribution in [3.63, 3.8) is 0 Å². The molecule has 0 saturated heterocycles. The molecule has 0 aromatic rings. The number of hydrogen-bond acceptors (Lipinski definition) is 7. The van der Waals surface area contributed by atoms with E-state index in [1.54, 1.807) is 4.90 Å². The molecule has 0 aromatic carbocycles. The number of alkyl carbamates (subject to hydrolysis) is 2. The van der Waals surface area contributed by atoms with Crippen LogP contribution in [-0.2, 0) is 23.8 Å². The molecule has 0 radical (unpaired) electrons. The van der Waals surface area contributed by atoms with Gasteiger partial charge in [-0.25, -0.2) is 9.59 Å². The quantitative estimate of drug-likeness (QED) is 0.0614. The van der Waals surface area contributed by atoms with Crippen LogP contribution >= 0.6 is 0 Å². The van der Waals surface area contributed by atoms with Crippen LogP contribution in [0.2, 0.25) is 0 Å². The van der Waals surface area contributed by atoms with E-state index in [2.05, 4.69) is 37.5 Å². The molecule has 0 aromatic heterocycles. The Morgan fingerprint density at radius 3 is 2.00 bits per heavy atom. The second-order valence-corrected chi connectivity index (χ2v) is 20.1. The van der Waals surface area contributed by atoms with Gasteiger partial charge in [-0.15, -0.1) is 0 Å². The number of amides is 3. The third-order valence-electron chi connectivity index (χ3n) is 12.9. The summed E-state index contributed by atoms with van der Waals surface area (Å²) < 4.78 is 16.7. The van der Waals surface area contributed by atoms with Gasteiger partial charge in [-0.3, -0.25) is 9.59 Å². The van der Waals surface area contributed by atoms with Gasteiger partial charge >= 0.3 is 18.2 Å². The number of nitrogens with one attached hydrogen (secondary N) is 2. The lowest BCUT2D eigenvalue weighted by molar-refractivity contribution is -0.152. The van der Waals surface area contributed by atoms with E-state index in [1.165, 1.54) is 56.9 Å². The number of ether oxygens (including phenoxy) is 3. The van der Waals surface area contributed by atoms with Gasteiger partial charge in [-0.2, -0.15) is 0 Å². The number of hydrogen-bond donors (Lipinski definition) is 2. The summed E-state index contributed by atoms with van der Waals surface area (Å²) in [7, 11) is 0. The predicted molar refractivity (Wildman–Crippen MR) is 222 cm³/mol. The van der Waals surface area contributed by atoms with Gasteiger partial charge in [0.25, 0.3) is 0 Å². The van der Waals surface area contributed by atoms with Crippen molar-refractivity contribution in [2.75, 3.05) is 26.2 Å². The Kier molecular flexibility index (Phi) is 17.5. The average molecular weight is 786 g/mol. The van der Waals surface area contributed by atoms with Crippen LogP contribution < -0.4 is 10.6 Å². The van der Waals surface area contributed by atoms with Crippen LogP contribution in [0.1, 0.15) is 165 Å². The molecule has 320 valence electrons. The molecule has 3 amide bonds. The number of rotatable bonds is 18. The van der Waals surface area contributed by atoms with E-state index in [-0.39, 0.29) is 30.8 Å². The van der Waals surface area contributed by atoms with E-state index >= 15 is 0 Å². The first-order chi connectivity index (χ1) is 26.4. The Balaban J connectivity index is 1.22. The molecule has 3 saturated carbocycles. The average Bonchev–Trinajstić information content (AvgIpc) is 3.54. The number of allylic oxidation sites excluding steroid dienone is 1. The first kappa shape index (κ1) is 45.9. The number of nitrogens with zero attached hydrogens (tertiary/aromatic N) is 1. The van der Waals surface area contributed by atoms with Crippen LogP contribution in [0, 0.1) is 47.3 Å². The number of carbonyl (C=O) groups is 4. The highest BCUT2D eigenvalue weighted by atomic mass is 16.6. The Morgan fingerprint density at radius 1 is 0.714 bits per heavy atom. The van der Waals surface area contributed by atoms with Crippen LogP contribution in [0.3, 0.4) is 0 Å². The van der Waals surface area contributed by atoms with Gasteiger partial charge < -0.3 is 29.7 Å². The van der Waals surface area contributed by atoms with Crippen LogP contribution in [0.25, 0.3) is 0 Å². The maximum absolute atomic E-state index is 13.4. The highest BCUT2D eigenvalue weighted by molar-refractivity contribution is 5.81. The number of unbranched alkanes of at least 4 members (excludes halogenated alkanes) is 1. The molecular formula is C46H79N3O7. The molecule has 10 nitrogen and oxygen atoms in total. The summed E-state index contributed by atoms with van der Waals surface area (Å²) in [5.74, 6) is 6.25. The van der Waals surface area contributed by atoms with Crippen molar-refractivity contribution in [2.24, 2.45) is 47.3 Å². The van der Waals surface area contributed by atoms with Gasteiger partial charge in [0.05, 0.1) is 6.42 Å². The fourth-order valence-corrected chi connectivity index (χ4v) is 10.5. The second kappa shape index (κ2) is 21.3. The summed E-state index contributed by atoms with van der Waals surface area (Å²) in [6.45, 7) is 19.8. The summed E-state index contributed by atoms with van der Waals surface area (Å²) in [6, 6.07) is 0. The third kappa shape index (κ3) is 14.9. The summed E-state index contributed by atoms with van der Waals surface area (Å²) in [5, 5.41) is 5.52. The molecule has 4 aliphatic carbocycles. The SMILES string of the molecule is CC(C)CCC[C@@H](C)C1CCC2C3CC=C4CC(OC(=O)CCC(=O)N(CCCCNC(=O)OC(C)(C)C)CCCNC(=O)OC(C)(C)C)CCC4C3CCC21. The minimum absolute atomic E-state index is 0.0511. The van der Waals surface area contributed by atoms with Crippen LogP contribution in [0.15, 0.2) is 11.6 Å². The molecule has 10 heteroatoms. The van der Waals surface area contributed by atoms with Crippen LogP contribution in [0.5, 0.6) is 0 Å². The fourth-order valence-electron chi connectivity index (χ4n) is 10.5. The highest BCUT2D eigenvalue weighted by Crippen LogP contribution is 2.59. The summed E-state index contributed by atoms with van der Waals surface area (Å²) in [5.41, 5.74) is 0.365. The Morgan fingerprint density at radius 2 is 1.34 bits per heavy atom. The summed E-state index contributed by atoms with van der Waals surface area (Å²) in [6.07, 6.45) is 17.3. The zero-order valence-electron chi connectivity index (χ0n) is 36.7. The van der Waals surface area contributed by atoms with Gasteiger partial charge in [0, 0.05) is 39.0 Å². The number of esters is 1. The summed E-state index contributed by atoms with van der Waals surface area (Å²) in [4.78, 5) is 52.4. The van der Waals surface area contributed by atoms with E-state index in [4.69, 9.17) is 14.2 Å². The zero-order chi connectivity index (χ0) is 41.0. The number of carbonyl (C=O) groups excluding carboxylic acids is 4. The van der Waals surface area contributed by atoms with E-state index in [0.717, 1.165) is 60.7 Å². The number of fused-ring (bicyclic) bond motifs is 5. The lowest BCUT2D eigenvalue weighted by Crippen LogP contribution is -2.42. The topological polar surface area (TPSA) is 123 Å². The van der Waals surface area contributed by atoms with Crippen molar-refractivity contribution in [3.8, 4) is 0 Å². The molecule has 2 N–H and O–H groups in total. The van der Waals surface area contributed by atoms with Gasteiger partial charge in [-0.05, 0) is 153 Å². The Hall–Kier alpha value is -2.78. The van der Waals surface area contributed by atoms with Gasteiger partial charge in [0.1, 0.15) is 17.3 Å². The van der Waals surface area contributed by atoms with E-state index in [9.17, 15) is 19.2 Å². The molecule has 56 heavy (non-hydrogen) atoms. The zero-order valence-corrected chi connectivity index (χ0v) is 36.7. The lowest BCUT2D eigenvalue weighted by Gasteiger charge is -2.50. The Labute approximate surface area is 339 Å². The van der Waals surface area contributed by atoms with Crippen molar-refractivity contribution in [2.45, 2.75) is 182 Å². The standard InChI is InChI=1S/C46H79N3O7/c1-31(2)14-12-15-32(3)35-20-21-40-37(35)22-23-38-36-19-17-34(30-33(36)16-18-39(38)40)54-42(51)25-24-41(50)49(29-13-27-48-44(53)56-46(7,8)9)28-11-10-26-47-43(52)55-45(4,5)6/h16,31-32,34-40H,10-15,17-30H2,1-9H3,(H,47,52)(H,48,53)/t32-,34?,35?,36?,37?,38?,39?,40?/m1/s1. The van der Waals surface area contributed by atoms with Crippen molar-refractivity contribution in [1.29, 1.82) is 0 Å². The molecule has 4 rings (SSSR count). The molecule has 7 unspecified atom stereocenters. The molecule has 0 bridgehead atoms. The molecule has 4 aliphatic rings. The van der Waals surface area contributed by atoms with Crippen molar-refractivity contribution < 1.29 is 33.4 Å². The first-order valence-corrected chi connectivity index (χ1v) is 22.5. The van der Waals surface area contributed by atoms with Crippen molar-refractivity contribution in [3.05, 3.63) is 11.6 Å². The minimum Gasteiger partial charge on any atom is -0.462 e. The monoisotopic (exact) mass is 786 g/mol. The highest BCUT2D eigenvalue weighted by Gasteiger charge is 2.50. The second-order valence-electron chi connectivity index (χ2n) is 20.1. The Bertz CT molecular complexity index is 1320. The normalized spacial score (nSPS) is 26.5. The first-order valence-electron chi connectivity index (χ1n) is 22.5. The predicted octanol–water partition coefficient (Wildman–Crippen LogP) is 9.99. The molecule has 0 spiro atoms. The maximum Gasteiger partial charge on any atom is 0.407 e. The van der Waals surface area contributed by atoms with Crippen LogP contribution in [-0.4, -0.2) is 72.4 Å². The third-order valence-corrected chi connectivity index (χ3v) is 12.9. The molecule has 0 heterocycles. The fraction of sp³-hybridized carbons (Fsp3) is 0.870. The van der Waals surface area contributed by atoms with E-state index in [1.807, 2.05) is 41.5 Å². The van der Waals surface area contributed by atoms with Crippen molar-refractivity contribution in [1.82, 2.24) is 15.5 Å². The minimum atomic E-state index is -0.589. The van der Waals surface area contributed by atoms with E-state index in [0.29, 0.717) is 51.4 Å². The molecule has 8 atom stereocenters. The molecular weight excluding hydrogens is 707 g/mol. The lowest BCUT2D eigenvalue weighted by atomic mass is 9.56. The summed E-state index contributed by atoms with van der Waals surface area (Å²) >= 11 is 0. The van der Waals surface area contributed by atoms with Gasteiger partial charge in [0.15, 0.2) is 0 Å². The molecule has 3 fully saturated rings. The largest absolute Gasteiger partial charge is 0.462 e. The molecule has 0 aliphatic heterocycles. The van der Waals surface area contributed by atoms with Gasteiger partial charge in [0.2, 0.25) is 5.91 Å². The smallest absolute Gasteiger partial charge is 0.407 e. The van der Waals surface area contributed by atoms with Gasteiger partial charge in [-0.1, -0.05) is 51.7 Å². The van der Waals surface area contributed by atoms with Crippen molar-refractivity contribution >= 4 is 24.1 Å². The van der Waals surface area contributed by atoms with E-state index < -0.39 is 23.4 Å². The van der Waals surface area contributed by atoms with Crippen LogP contribution in [0.4, 0.5) is 9.59 Å².